The van der Waals surface area contributed by atoms with Crippen LogP contribution in [-0.2, 0) is 0 Å². The lowest BCUT2D eigenvalue weighted by molar-refractivity contribution is 0.621. The molecule has 0 atom stereocenters. The number of hydrogen-bond donors (Lipinski definition) is 2. The van der Waals surface area contributed by atoms with Crippen molar-refractivity contribution in [2.45, 2.75) is 25.7 Å². The Balaban J connectivity index is 2.07. The van der Waals surface area contributed by atoms with Crippen molar-refractivity contribution in [2.24, 2.45) is 5.73 Å². The minimum Gasteiger partial charge on any atom is -0.370 e. The molecule has 0 unspecified atom stereocenters. The highest BCUT2D eigenvalue weighted by molar-refractivity contribution is 5.33. The largest absolute Gasteiger partial charge is 0.370 e. The number of aromatic nitrogens is 1. The van der Waals surface area contributed by atoms with E-state index >= 15 is 0 Å². The third-order valence-electron chi connectivity index (χ3n) is 2.16. The number of pyridine rings is 1. The zero-order valence-electron chi connectivity index (χ0n) is 8.88. The van der Waals surface area contributed by atoms with Crippen molar-refractivity contribution in [3.05, 3.63) is 24.1 Å². The van der Waals surface area contributed by atoms with Crippen molar-refractivity contribution in [1.29, 1.82) is 0 Å². The van der Waals surface area contributed by atoms with Gasteiger partial charge in [0.05, 0.1) is 6.20 Å². The first-order valence-electron chi connectivity index (χ1n) is 5.38. The van der Waals surface area contributed by atoms with E-state index in [1.807, 2.05) is 0 Å². The van der Waals surface area contributed by atoms with E-state index in [1.54, 1.807) is 6.07 Å². The van der Waals surface area contributed by atoms with Crippen molar-refractivity contribution in [3.63, 3.8) is 0 Å². The summed E-state index contributed by atoms with van der Waals surface area (Å²) >= 11 is 0. The molecular weight excluding hydrogens is 193 g/mol. The molecule has 84 valence electrons. The average molecular weight is 211 g/mol. The predicted octanol–water partition coefficient (Wildman–Crippen LogP) is 2.15. The molecule has 1 rings (SSSR count). The average Bonchev–Trinajstić information content (AvgIpc) is 2.26. The summed E-state index contributed by atoms with van der Waals surface area (Å²) in [7, 11) is 0. The van der Waals surface area contributed by atoms with Crippen molar-refractivity contribution >= 4 is 5.82 Å². The van der Waals surface area contributed by atoms with Crippen molar-refractivity contribution in [1.82, 2.24) is 4.98 Å². The summed E-state index contributed by atoms with van der Waals surface area (Å²) in [5.41, 5.74) is 5.39. The molecule has 15 heavy (non-hydrogen) atoms. The van der Waals surface area contributed by atoms with Crippen molar-refractivity contribution in [3.8, 4) is 0 Å². The van der Waals surface area contributed by atoms with Crippen LogP contribution in [0.25, 0.3) is 0 Å². The third kappa shape index (κ3) is 5.32. The van der Waals surface area contributed by atoms with E-state index in [-0.39, 0.29) is 5.82 Å². The molecule has 0 saturated carbocycles. The summed E-state index contributed by atoms with van der Waals surface area (Å²) in [6.07, 6.45) is 5.75. The summed E-state index contributed by atoms with van der Waals surface area (Å²) < 4.78 is 12.5. The molecule has 0 amide bonds. The van der Waals surface area contributed by atoms with E-state index in [4.69, 9.17) is 5.73 Å². The fourth-order valence-electron chi connectivity index (χ4n) is 1.32. The highest BCUT2D eigenvalue weighted by Gasteiger charge is 1.94. The van der Waals surface area contributed by atoms with Gasteiger partial charge in [0.1, 0.15) is 11.6 Å². The molecule has 1 heterocycles. The van der Waals surface area contributed by atoms with Gasteiger partial charge < -0.3 is 11.1 Å². The molecule has 1 aromatic heterocycles. The molecule has 0 fully saturated rings. The van der Waals surface area contributed by atoms with Gasteiger partial charge in [-0.05, 0) is 31.5 Å². The first-order chi connectivity index (χ1) is 7.33. The van der Waals surface area contributed by atoms with E-state index in [2.05, 4.69) is 10.3 Å². The van der Waals surface area contributed by atoms with E-state index in [1.165, 1.54) is 25.1 Å². The first-order valence-corrected chi connectivity index (χ1v) is 5.38. The van der Waals surface area contributed by atoms with Gasteiger partial charge in [-0.2, -0.15) is 0 Å². The molecule has 0 saturated heterocycles. The Kier molecular flexibility index (Phi) is 5.70. The Bertz CT molecular complexity index is 261. The summed E-state index contributed by atoms with van der Waals surface area (Å²) in [6, 6.07) is 3.05. The molecule has 1 aromatic rings. The number of rotatable bonds is 7. The predicted molar refractivity (Wildman–Crippen MR) is 60.2 cm³/mol. The number of anilines is 1. The molecule has 3 N–H and O–H groups in total. The number of nitrogens with one attached hydrogen (secondary N) is 1. The maximum absolute atomic E-state index is 12.5. The molecule has 0 aromatic carbocycles. The van der Waals surface area contributed by atoms with Gasteiger partial charge in [0.25, 0.3) is 0 Å². The first kappa shape index (κ1) is 11.9. The summed E-state index contributed by atoms with van der Waals surface area (Å²) in [4.78, 5) is 3.91. The highest BCUT2D eigenvalue weighted by Crippen LogP contribution is 2.04. The van der Waals surface area contributed by atoms with Crippen LogP contribution in [0.2, 0.25) is 0 Å². The SMILES string of the molecule is NCCCCCCNc1ccc(F)cn1. The number of hydrogen-bond acceptors (Lipinski definition) is 3. The van der Waals surface area contributed by atoms with Crippen molar-refractivity contribution in [2.75, 3.05) is 18.4 Å². The third-order valence-corrected chi connectivity index (χ3v) is 2.16. The van der Waals surface area contributed by atoms with Gasteiger partial charge in [-0.15, -0.1) is 0 Å². The lowest BCUT2D eigenvalue weighted by atomic mass is 10.2. The summed E-state index contributed by atoms with van der Waals surface area (Å²) in [5, 5.41) is 3.14. The van der Waals surface area contributed by atoms with Crippen LogP contribution in [0.1, 0.15) is 25.7 Å². The number of unbranched alkanes of at least 4 members (excludes halogenated alkanes) is 3. The minimum absolute atomic E-state index is 0.302. The Morgan fingerprint density at radius 1 is 1.20 bits per heavy atom. The molecule has 0 radical (unpaired) electrons. The van der Waals surface area contributed by atoms with E-state index in [9.17, 15) is 4.39 Å². The van der Waals surface area contributed by atoms with Crippen LogP contribution in [0.4, 0.5) is 10.2 Å². The molecule has 4 heteroatoms. The fourth-order valence-corrected chi connectivity index (χ4v) is 1.32. The van der Waals surface area contributed by atoms with E-state index < -0.39 is 0 Å². The standard InChI is InChI=1S/C11H18FN3/c12-10-5-6-11(15-9-10)14-8-4-2-1-3-7-13/h5-6,9H,1-4,7-8,13H2,(H,14,15). The quantitative estimate of drug-likeness (QED) is 0.679. The zero-order valence-corrected chi connectivity index (χ0v) is 8.88. The van der Waals surface area contributed by atoms with E-state index in [0.717, 1.165) is 31.7 Å². The second-order valence-electron chi connectivity index (χ2n) is 3.49. The second kappa shape index (κ2) is 7.17. The Morgan fingerprint density at radius 2 is 2.00 bits per heavy atom. The smallest absolute Gasteiger partial charge is 0.141 e. The Hall–Kier alpha value is -1.16. The molecule has 3 nitrogen and oxygen atoms in total. The summed E-state index contributed by atoms with van der Waals surface area (Å²) in [6.45, 7) is 1.65. The zero-order chi connectivity index (χ0) is 10.9. The van der Waals surface area contributed by atoms with E-state index in [0.29, 0.717) is 0 Å². The van der Waals surface area contributed by atoms with Gasteiger partial charge in [0.2, 0.25) is 0 Å². The van der Waals surface area contributed by atoms with Crippen LogP contribution in [0.3, 0.4) is 0 Å². The van der Waals surface area contributed by atoms with Crippen LogP contribution in [0.5, 0.6) is 0 Å². The van der Waals surface area contributed by atoms with Gasteiger partial charge in [0.15, 0.2) is 0 Å². The van der Waals surface area contributed by atoms with Gasteiger partial charge in [-0.25, -0.2) is 9.37 Å². The van der Waals surface area contributed by atoms with Crippen LogP contribution in [-0.4, -0.2) is 18.1 Å². The Morgan fingerprint density at radius 3 is 2.67 bits per heavy atom. The maximum Gasteiger partial charge on any atom is 0.141 e. The van der Waals surface area contributed by atoms with Crippen LogP contribution in [0, 0.1) is 5.82 Å². The molecule has 0 bridgehead atoms. The highest BCUT2D eigenvalue weighted by atomic mass is 19.1. The lowest BCUT2D eigenvalue weighted by Gasteiger charge is -2.04. The monoisotopic (exact) mass is 211 g/mol. The normalized spacial score (nSPS) is 10.3. The number of nitrogens with two attached hydrogens (primary N) is 1. The Labute approximate surface area is 89.9 Å². The molecule has 0 aliphatic heterocycles. The molecule has 0 spiro atoms. The number of nitrogens with zero attached hydrogens (tertiary/aromatic N) is 1. The van der Waals surface area contributed by atoms with Gasteiger partial charge in [0, 0.05) is 6.54 Å². The lowest BCUT2D eigenvalue weighted by Crippen LogP contribution is -2.04. The summed E-state index contributed by atoms with van der Waals surface area (Å²) in [5.74, 6) is 0.429. The van der Waals surface area contributed by atoms with Crippen LogP contribution in [0.15, 0.2) is 18.3 Å². The topological polar surface area (TPSA) is 50.9 Å². The van der Waals surface area contributed by atoms with Crippen LogP contribution >= 0.6 is 0 Å². The molecule has 0 aliphatic carbocycles. The second-order valence-corrected chi connectivity index (χ2v) is 3.49. The number of halogens is 1. The van der Waals surface area contributed by atoms with Gasteiger partial charge in [-0.3, -0.25) is 0 Å². The van der Waals surface area contributed by atoms with Gasteiger partial charge in [-0.1, -0.05) is 12.8 Å². The molecule has 0 aliphatic rings. The maximum atomic E-state index is 12.5. The van der Waals surface area contributed by atoms with Gasteiger partial charge >= 0.3 is 0 Å². The minimum atomic E-state index is -0.302. The molecular formula is C11H18FN3. The van der Waals surface area contributed by atoms with Crippen LogP contribution < -0.4 is 11.1 Å². The fraction of sp³-hybridized carbons (Fsp3) is 0.545. The van der Waals surface area contributed by atoms with Crippen molar-refractivity contribution < 1.29 is 4.39 Å².